The molecule has 0 aliphatic rings. The lowest BCUT2D eigenvalue weighted by Crippen LogP contribution is -2.25. The van der Waals surface area contributed by atoms with E-state index >= 15 is 0 Å². The number of phenols is 1. The number of hydrogen-bond acceptors (Lipinski definition) is 8. The van der Waals surface area contributed by atoms with Gasteiger partial charge in [-0.05, 0) is 25.1 Å². The van der Waals surface area contributed by atoms with Gasteiger partial charge in [0.15, 0.2) is 18.1 Å². The van der Waals surface area contributed by atoms with Crippen LogP contribution < -0.4 is 14.9 Å². The molecule has 2 N–H and O–H groups in total. The predicted octanol–water partition coefficient (Wildman–Crippen LogP) is 2.61. The van der Waals surface area contributed by atoms with Gasteiger partial charge in [-0.15, -0.1) is 0 Å². The van der Waals surface area contributed by atoms with E-state index in [1.807, 2.05) is 6.07 Å². The molecule has 1 amide bonds. The molecule has 158 valence electrons. The number of benzene rings is 1. The summed E-state index contributed by atoms with van der Waals surface area (Å²) in [7, 11) is 2.98. The minimum Gasteiger partial charge on any atom is -0.504 e. The van der Waals surface area contributed by atoms with Gasteiger partial charge in [0.25, 0.3) is 5.91 Å². The molecule has 0 spiro atoms. The Balaban J connectivity index is 1.95. The van der Waals surface area contributed by atoms with E-state index in [4.69, 9.17) is 14.2 Å². The number of hydrogen-bond donors (Lipinski definition) is 2. The standard InChI is InChI=1S/C20H21BrN4O5/c1-12-6-14(10-28-2)16(9-22)20(24-12)30-11-18(26)25-23-5-4-13-7-15(21)8-17(29-3)19(13)27/h5-8,27H,4,10-11H2,1-3H3,(H,25,26)/b23-5-. The molecule has 0 atom stereocenters. The highest BCUT2D eigenvalue weighted by atomic mass is 79.9. The first-order valence-corrected chi connectivity index (χ1v) is 9.57. The SMILES string of the molecule is COCc1cc(C)nc(OCC(=O)N/N=C\Cc2cc(Br)cc(OC)c2O)c1C#N. The fourth-order valence-corrected chi connectivity index (χ4v) is 3.05. The third-order valence-corrected chi connectivity index (χ3v) is 4.34. The summed E-state index contributed by atoms with van der Waals surface area (Å²) in [6, 6.07) is 7.11. The van der Waals surface area contributed by atoms with E-state index in [-0.39, 0.29) is 36.8 Å². The fraction of sp³-hybridized carbons (Fsp3) is 0.300. The van der Waals surface area contributed by atoms with Crippen molar-refractivity contribution in [3.63, 3.8) is 0 Å². The summed E-state index contributed by atoms with van der Waals surface area (Å²) >= 11 is 3.34. The zero-order chi connectivity index (χ0) is 22.1. The van der Waals surface area contributed by atoms with Crippen molar-refractivity contribution in [1.29, 1.82) is 5.26 Å². The number of nitrogens with zero attached hydrogens (tertiary/aromatic N) is 3. The number of methoxy groups -OCH3 is 2. The molecule has 10 heteroatoms. The summed E-state index contributed by atoms with van der Waals surface area (Å²) in [4.78, 5) is 16.1. The first-order valence-electron chi connectivity index (χ1n) is 8.77. The molecule has 2 aromatic rings. The van der Waals surface area contributed by atoms with E-state index in [2.05, 4.69) is 31.4 Å². The summed E-state index contributed by atoms with van der Waals surface area (Å²) < 4.78 is 16.3. The number of carbonyl (C=O) groups excluding carboxylic acids is 1. The van der Waals surface area contributed by atoms with Gasteiger partial charge in [0.05, 0.1) is 13.7 Å². The van der Waals surface area contributed by atoms with Gasteiger partial charge in [-0.2, -0.15) is 10.4 Å². The molecule has 0 radical (unpaired) electrons. The normalized spacial score (nSPS) is 10.6. The highest BCUT2D eigenvalue weighted by Crippen LogP contribution is 2.33. The lowest BCUT2D eigenvalue weighted by molar-refractivity contribution is -0.123. The molecule has 0 fully saturated rings. The quantitative estimate of drug-likeness (QED) is 0.420. The van der Waals surface area contributed by atoms with E-state index in [1.165, 1.54) is 20.4 Å². The molecule has 2 rings (SSSR count). The van der Waals surface area contributed by atoms with Crippen molar-refractivity contribution in [2.45, 2.75) is 20.0 Å². The Morgan fingerprint density at radius 2 is 2.13 bits per heavy atom. The minimum absolute atomic E-state index is 0.00299. The number of rotatable bonds is 9. The molecule has 30 heavy (non-hydrogen) atoms. The van der Waals surface area contributed by atoms with E-state index < -0.39 is 5.91 Å². The van der Waals surface area contributed by atoms with Crippen LogP contribution in [-0.4, -0.2) is 43.0 Å². The van der Waals surface area contributed by atoms with Crippen molar-refractivity contribution in [2.24, 2.45) is 5.10 Å². The number of carbonyl (C=O) groups is 1. The van der Waals surface area contributed by atoms with Gasteiger partial charge in [-0.3, -0.25) is 4.79 Å². The van der Waals surface area contributed by atoms with Gasteiger partial charge in [-0.1, -0.05) is 15.9 Å². The molecule has 9 nitrogen and oxygen atoms in total. The molecule has 0 aliphatic carbocycles. The highest BCUT2D eigenvalue weighted by Gasteiger charge is 2.14. The first-order chi connectivity index (χ1) is 14.4. The van der Waals surface area contributed by atoms with Crippen LogP contribution in [0, 0.1) is 18.3 Å². The zero-order valence-electron chi connectivity index (χ0n) is 16.7. The summed E-state index contributed by atoms with van der Waals surface area (Å²) in [6.07, 6.45) is 1.70. The monoisotopic (exact) mass is 476 g/mol. The largest absolute Gasteiger partial charge is 0.504 e. The van der Waals surface area contributed by atoms with Gasteiger partial charge in [0.1, 0.15) is 11.6 Å². The van der Waals surface area contributed by atoms with Crippen LogP contribution >= 0.6 is 15.9 Å². The number of aromatic hydroxyl groups is 1. The van der Waals surface area contributed by atoms with E-state index in [9.17, 15) is 15.2 Å². The Morgan fingerprint density at radius 3 is 2.80 bits per heavy atom. The van der Waals surface area contributed by atoms with Crippen LogP contribution in [0.15, 0.2) is 27.8 Å². The van der Waals surface area contributed by atoms with E-state index in [1.54, 1.807) is 25.1 Å². The maximum absolute atomic E-state index is 12.0. The second-order valence-electron chi connectivity index (χ2n) is 6.10. The van der Waals surface area contributed by atoms with Gasteiger partial charge >= 0.3 is 0 Å². The lowest BCUT2D eigenvalue weighted by atomic mass is 10.1. The van der Waals surface area contributed by atoms with Crippen LogP contribution in [0.4, 0.5) is 0 Å². The summed E-state index contributed by atoms with van der Waals surface area (Å²) in [5.74, 6) is -0.127. The lowest BCUT2D eigenvalue weighted by Gasteiger charge is -2.10. The Bertz CT molecular complexity index is 988. The third kappa shape index (κ3) is 6.17. The highest BCUT2D eigenvalue weighted by molar-refractivity contribution is 9.10. The van der Waals surface area contributed by atoms with Crippen molar-refractivity contribution in [2.75, 3.05) is 20.8 Å². The Kier molecular flexibility index (Phi) is 8.58. The minimum atomic E-state index is -0.525. The number of aryl methyl sites for hydroxylation is 1. The Morgan fingerprint density at radius 1 is 1.37 bits per heavy atom. The average molecular weight is 477 g/mol. The molecule has 0 unspecified atom stereocenters. The molecular formula is C20H21BrN4O5. The van der Waals surface area contributed by atoms with E-state index in [0.29, 0.717) is 22.6 Å². The van der Waals surface area contributed by atoms with Crippen molar-refractivity contribution >= 4 is 28.1 Å². The topological polar surface area (TPSA) is 126 Å². The summed E-state index contributed by atoms with van der Waals surface area (Å²) in [5.41, 5.74) is 4.38. The predicted molar refractivity (Wildman–Crippen MR) is 113 cm³/mol. The zero-order valence-corrected chi connectivity index (χ0v) is 18.3. The fourth-order valence-electron chi connectivity index (χ4n) is 2.57. The molecule has 0 saturated carbocycles. The number of hydrazone groups is 1. The van der Waals surface area contributed by atoms with Crippen molar-refractivity contribution < 1.29 is 24.1 Å². The number of amides is 1. The van der Waals surface area contributed by atoms with Gasteiger partial charge in [0.2, 0.25) is 5.88 Å². The van der Waals surface area contributed by atoms with Crippen LogP contribution in [0.5, 0.6) is 17.4 Å². The number of nitriles is 1. The number of ether oxygens (including phenoxy) is 3. The number of aromatic nitrogens is 1. The molecule has 0 bridgehead atoms. The molecule has 1 aromatic heterocycles. The van der Waals surface area contributed by atoms with Crippen molar-refractivity contribution in [3.05, 3.63) is 45.1 Å². The van der Waals surface area contributed by atoms with Crippen molar-refractivity contribution in [1.82, 2.24) is 10.4 Å². The molecule has 1 aromatic carbocycles. The van der Waals surface area contributed by atoms with Crippen LogP contribution in [0.1, 0.15) is 22.4 Å². The maximum atomic E-state index is 12.0. The number of phenolic OH excluding ortho intramolecular Hbond substituents is 1. The second-order valence-corrected chi connectivity index (χ2v) is 7.02. The summed E-state index contributed by atoms with van der Waals surface area (Å²) in [5, 5.41) is 23.3. The van der Waals surface area contributed by atoms with Crippen molar-refractivity contribution in [3.8, 4) is 23.4 Å². The number of pyridine rings is 1. The number of halogens is 1. The van der Waals surface area contributed by atoms with Gasteiger partial charge in [-0.25, -0.2) is 10.4 Å². The molecule has 1 heterocycles. The summed E-state index contributed by atoms with van der Waals surface area (Å²) in [6.45, 7) is 1.61. The molecule has 0 saturated heterocycles. The maximum Gasteiger partial charge on any atom is 0.278 e. The van der Waals surface area contributed by atoms with Crippen LogP contribution in [0.2, 0.25) is 0 Å². The average Bonchev–Trinajstić information content (AvgIpc) is 2.71. The second kappa shape index (κ2) is 11.1. The number of nitrogens with one attached hydrogen (secondary N) is 1. The van der Waals surface area contributed by atoms with Gasteiger partial charge in [0, 0.05) is 41.0 Å². The smallest absolute Gasteiger partial charge is 0.278 e. The third-order valence-electron chi connectivity index (χ3n) is 3.88. The van der Waals surface area contributed by atoms with Crippen LogP contribution in [-0.2, 0) is 22.6 Å². The Labute approximate surface area is 182 Å². The molecular weight excluding hydrogens is 456 g/mol. The Hall–Kier alpha value is -3.16. The van der Waals surface area contributed by atoms with Crippen LogP contribution in [0.25, 0.3) is 0 Å². The molecule has 0 aliphatic heterocycles. The van der Waals surface area contributed by atoms with Gasteiger partial charge < -0.3 is 19.3 Å². The van der Waals surface area contributed by atoms with Crippen LogP contribution in [0.3, 0.4) is 0 Å². The first kappa shape index (κ1) is 23.1. The van der Waals surface area contributed by atoms with E-state index in [0.717, 1.165) is 4.47 Å².